The largest absolute Gasteiger partial charge is 4.00 e. The van der Waals surface area contributed by atoms with Crippen molar-refractivity contribution < 1.29 is 21.7 Å². The first-order valence-corrected chi connectivity index (χ1v) is 5.00. The summed E-state index contributed by atoms with van der Waals surface area (Å²) in [6.07, 6.45) is 15.0. The molecule has 0 aromatic carbocycles. The molecule has 76 valence electrons. The monoisotopic (exact) mass is 218 g/mol. The van der Waals surface area contributed by atoms with Crippen molar-refractivity contribution >= 4 is 0 Å². The van der Waals surface area contributed by atoms with Crippen LogP contribution in [0.2, 0.25) is 0 Å². The molecule has 2 aliphatic carbocycles. The van der Waals surface area contributed by atoms with E-state index in [-0.39, 0.29) is 36.6 Å². The Morgan fingerprint density at radius 3 is 0.462 bits per heavy atom. The Balaban J connectivity index is -0.000000125. The summed E-state index contributed by atoms with van der Waals surface area (Å²) in [6.45, 7) is 0. The smallest absolute Gasteiger partial charge is 0.358 e. The Morgan fingerprint density at radius 1 is 0.308 bits per heavy atom. The zero-order valence-electron chi connectivity index (χ0n) is 9.57. The van der Waals surface area contributed by atoms with Crippen molar-refractivity contribution in [2.24, 2.45) is 0 Å². The molecule has 0 heterocycles. The molecule has 13 heavy (non-hydrogen) atoms. The molecule has 1 heteroatoms. The average molecular weight is 218 g/mol. The van der Waals surface area contributed by atoms with Gasteiger partial charge in [0.15, 0.2) is 0 Å². The van der Waals surface area contributed by atoms with E-state index in [4.69, 9.17) is 0 Å². The molecule has 0 atom stereocenters. The van der Waals surface area contributed by atoms with Crippen LogP contribution >= 0.6 is 0 Å². The van der Waals surface area contributed by atoms with E-state index in [9.17, 15) is 0 Å². The molecule has 0 bridgehead atoms. The van der Waals surface area contributed by atoms with Crippen molar-refractivity contribution in [3.05, 3.63) is 14.9 Å². The third kappa shape index (κ3) is 12.7. The van der Waals surface area contributed by atoms with E-state index in [1.807, 2.05) is 0 Å². The second-order valence-electron chi connectivity index (χ2n) is 3.54. The second kappa shape index (κ2) is 15.2. The number of hydrogen-bond donors (Lipinski definition) is 0. The van der Waals surface area contributed by atoms with Gasteiger partial charge in [-0.1, -0.05) is 64.2 Å². The molecule has 0 aliphatic heterocycles. The third-order valence-corrected chi connectivity index (χ3v) is 2.50. The van der Waals surface area contributed by atoms with Gasteiger partial charge in [0.2, 0.25) is 0 Å². The van der Waals surface area contributed by atoms with E-state index in [2.05, 4.69) is 0 Å². The predicted molar refractivity (Wildman–Crippen MR) is 59.0 cm³/mol. The molecule has 2 aliphatic rings. The van der Waals surface area contributed by atoms with Crippen LogP contribution < -0.4 is 0 Å². The first-order chi connectivity index (χ1) is 5.00. The molecule has 2 rings (SSSR count). The first kappa shape index (κ1) is 19.3. The number of rotatable bonds is 0. The topological polar surface area (TPSA) is 0 Å². The fourth-order valence-electron chi connectivity index (χ4n) is 1.77. The van der Waals surface area contributed by atoms with Gasteiger partial charge in [0, 0.05) is 0 Å². The second-order valence-corrected chi connectivity index (χ2v) is 3.54. The van der Waals surface area contributed by atoms with E-state index >= 15 is 0 Å². The minimum absolute atomic E-state index is 0. The molecule has 0 N–H and O–H groups in total. The van der Waals surface area contributed by atoms with Gasteiger partial charge in [-0.2, -0.15) is 0 Å². The number of hydrogen-bond acceptors (Lipinski definition) is 0. The van der Waals surface area contributed by atoms with E-state index in [0.717, 1.165) is 0 Å². The molecule has 0 unspecified atom stereocenters. The zero-order valence-corrected chi connectivity index (χ0v) is 11.1. The van der Waals surface area contributed by atoms with Gasteiger partial charge < -0.3 is 14.9 Å². The van der Waals surface area contributed by atoms with Gasteiger partial charge in [-0.3, -0.25) is 0 Å². The van der Waals surface area contributed by atoms with Gasteiger partial charge >= 0.3 is 21.7 Å². The fourth-order valence-corrected chi connectivity index (χ4v) is 1.77. The summed E-state index contributed by atoms with van der Waals surface area (Å²) in [5, 5.41) is 0. The van der Waals surface area contributed by atoms with Crippen molar-refractivity contribution in [1.29, 1.82) is 0 Å². The van der Waals surface area contributed by atoms with E-state index < -0.39 is 0 Å². The van der Waals surface area contributed by atoms with Gasteiger partial charge in [-0.15, -0.1) is 0 Å². The van der Waals surface area contributed by atoms with Crippen LogP contribution in [-0.4, -0.2) is 0 Å². The van der Waals surface area contributed by atoms with Crippen LogP contribution in [0, 0.1) is 14.9 Å². The minimum atomic E-state index is 0. The molecule has 0 aromatic rings. The third-order valence-electron chi connectivity index (χ3n) is 2.50. The maximum atomic E-state index is 1.50. The summed E-state index contributed by atoms with van der Waals surface area (Å²) in [5.74, 6) is 0. The van der Waals surface area contributed by atoms with Crippen molar-refractivity contribution in [3.63, 3.8) is 0 Å². The van der Waals surface area contributed by atoms with Crippen LogP contribution in [0.4, 0.5) is 0 Å². The van der Waals surface area contributed by atoms with Crippen LogP contribution in [0.1, 0.15) is 64.2 Å². The Bertz CT molecular complexity index is 38.3. The maximum absolute atomic E-state index is 1.50. The van der Waals surface area contributed by atoms with E-state index in [1.165, 1.54) is 64.2 Å². The predicted octanol–water partition coefficient (Wildman–Crippen LogP) is 4.80. The van der Waals surface area contributed by atoms with Gasteiger partial charge in [0.05, 0.1) is 0 Å². The van der Waals surface area contributed by atoms with Gasteiger partial charge in [0.25, 0.3) is 0 Å². The van der Waals surface area contributed by atoms with Crippen LogP contribution in [0.3, 0.4) is 0 Å². The van der Waals surface area contributed by atoms with E-state index in [1.54, 1.807) is 0 Å². The molecular weight excluding hydrogens is 192 g/mol. The first-order valence-electron chi connectivity index (χ1n) is 5.00. The summed E-state index contributed by atoms with van der Waals surface area (Å²) in [7, 11) is 0. The molecule has 0 radical (unpaired) electrons. The Morgan fingerprint density at radius 2 is 0.385 bits per heavy atom. The Kier molecular flexibility index (Phi) is 22.6. The fraction of sp³-hybridized carbons (Fsp3) is 0.833. The minimum Gasteiger partial charge on any atom is -0.358 e. The van der Waals surface area contributed by atoms with Crippen LogP contribution in [0.25, 0.3) is 0 Å². The van der Waals surface area contributed by atoms with Gasteiger partial charge in [-0.25, -0.2) is 0 Å². The maximum Gasteiger partial charge on any atom is 4.00 e. The molecular formula is C12H26Ti+2. The van der Waals surface area contributed by atoms with Crippen LogP contribution in [0.15, 0.2) is 0 Å². The Hall–Kier alpha value is 0.714. The molecule has 2 fully saturated rings. The standard InChI is InChI=1S/2C5H10.2CH3.Ti/c2*1-2-4-5-3-1;;;/h2*1-5H2;2*1H3;/q;;2*-1;+4. The van der Waals surface area contributed by atoms with Gasteiger partial charge in [0.1, 0.15) is 0 Å². The summed E-state index contributed by atoms with van der Waals surface area (Å²) >= 11 is 0. The molecule has 0 spiro atoms. The molecule has 0 amide bonds. The van der Waals surface area contributed by atoms with Crippen LogP contribution in [-0.2, 0) is 21.7 Å². The summed E-state index contributed by atoms with van der Waals surface area (Å²) in [6, 6.07) is 0. The van der Waals surface area contributed by atoms with E-state index in [0.29, 0.717) is 0 Å². The molecule has 0 aromatic heterocycles. The average Bonchev–Trinajstić information content (AvgIpc) is 2.67. The summed E-state index contributed by atoms with van der Waals surface area (Å²) in [5.41, 5.74) is 0. The van der Waals surface area contributed by atoms with Crippen molar-refractivity contribution in [2.75, 3.05) is 0 Å². The normalized spacial score (nSPS) is 18.5. The summed E-state index contributed by atoms with van der Waals surface area (Å²) in [4.78, 5) is 0. The Labute approximate surface area is 101 Å². The van der Waals surface area contributed by atoms with Crippen molar-refractivity contribution in [3.8, 4) is 0 Å². The zero-order chi connectivity index (χ0) is 7.07. The molecule has 0 nitrogen and oxygen atoms in total. The summed E-state index contributed by atoms with van der Waals surface area (Å²) < 4.78 is 0. The molecule has 2 saturated carbocycles. The van der Waals surface area contributed by atoms with Crippen molar-refractivity contribution in [2.45, 2.75) is 64.2 Å². The van der Waals surface area contributed by atoms with Crippen molar-refractivity contribution in [1.82, 2.24) is 0 Å². The van der Waals surface area contributed by atoms with Crippen LogP contribution in [0.5, 0.6) is 0 Å². The molecule has 0 saturated heterocycles. The quantitative estimate of drug-likeness (QED) is 0.404. The SMILES string of the molecule is C1CCCC1.C1CCCC1.[CH3-].[CH3-].[Ti+4]. The van der Waals surface area contributed by atoms with Gasteiger partial charge in [-0.05, 0) is 0 Å².